The molecule has 2 amide bonds. The average molecular weight is 300 g/mol. The van der Waals surface area contributed by atoms with Gasteiger partial charge >= 0.3 is 6.03 Å². The van der Waals surface area contributed by atoms with Crippen LogP contribution in [0.5, 0.6) is 0 Å². The molecule has 1 aromatic heterocycles. The first-order chi connectivity index (χ1) is 10.7. The molecule has 0 bridgehead atoms. The first kappa shape index (κ1) is 15.9. The molecule has 3 N–H and O–H groups in total. The highest BCUT2D eigenvalue weighted by Crippen LogP contribution is 2.14. The number of urea groups is 1. The van der Waals surface area contributed by atoms with Crippen molar-refractivity contribution in [2.45, 2.75) is 13.3 Å². The number of aliphatic hydroxyl groups excluding tert-OH is 1. The molecule has 0 aliphatic carbocycles. The van der Waals surface area contributed by atoms with Crippen LogP contribution in [-0.2, 0) is 0 Å². The number of carbonyl (C=O) groups is 1. The summed E-state index contributed by atoms with van der Waals surface area (Å²) in [5, 5.41) is 14.2. The molecule has 0 spiro atoms. The lowest BCUT2D eigenvalue weighted by Gasteiger charge is -2.12. The van der Waals surface area contributed by atoms with Crippen LogP contribution in [0.1, 0.15) is 13.3 Å². The Morgan fingerprint density at radius 2 is 1.91 bits per heavy atom. The Hall–Kier alpha value is -2.47. The van der Waals surface area contributed by atoms with Crippen molar-refractivity contribution in [2.24, 2.45) is 5.92 Å². The number of aliphatic hydroxyl groups is 1. The minimum Gasteiger partial charge on any atom is -0.396 e. The number of nitrogens with one attached hydrogen (secondary N) is 2. The molecule has 0 saturated carbocycles. The van der Waals surface area contributed by atoms with E-state index in [0.717, 1.165) is 5.56 Å². The number of carbonyl (C=O) groups excluding carboxylic acids is 1. The van der Waals surface area contributed by atoms with Gasteiger partial charge in [0, 0.05) is 18.7 Å². The van der Waals surface area contributed by atoms with E-state index in [1.54, 1.807) is 12.4 Å². The third-order valence-electron chi connectivity index (χ3n) is 3.17. The van der Waals surface area contributed by atoms with Crippen molar-refractivity contribution in [2.75, 3.05) is 18.5 Å². The van der Waals surface area contributed by atoms with E-state index in [1.165, 1.54) is 0 Å². The zero-order valence-electron chi connectivity index (χ0n) is 12.5. The van der Waals surface area contributed by atoms with Crippen LogP contribution in [0.3, 0.4) is 0 Å². The van der Waals surface area contributed by atoms with Crippen molar-refractivity contribution in [1.29, 1.82) is 0 Å². The van der Waals surface area contributed by atoms with E-state index in [0.29, 0.717) is 24.5 Å². The number of hydrogen-bond acceptors (Lipinski definition) is 4. The Bertz CT molecular complexity index is 587. The van der Waals surface area contributed by atoms with E-state index in [9.17, 15) is 4.79 Å². The van der Waals surface area contributed by atoms with Gasteiger partial charge < -0.3 is 15.7 Å². The summed E-state index contributed by atoms with van der Waals surface area (Å²) < 4.78 is 0. The molecule has 22 heavy (non-hydrogen) atoms. The predicted molar refractivity (Wildman–Crippen MR) is 85.4 cm³/mol. The minimum atomic E-state index is -0.305. The molecule has 6 heteroatoms. The third kappa shape index (κ3) is 4.82. The van der Waals surface area contributed by atoms with Crippen molar-refractivity contribution < 1.29 is 9.90 Å². The van der Waals surface area contributed by atoms with Crippen LogP contribution >= 0.6 is 0 Å². The summed E-state index contributed by atoms with van der Waals surface area (Å²) in [5.41, 5.74) is 1.46. The molecular formula is C16H20N4O2. The second kappa shape index (κ2) is 8.09. The van der Waals surface area contributed by atoms with E-state index in [1.807, 2.05) is 37.3 Å². The number of amides is 2. The monoisotopic (exact) mass is 300 g/mol. The lowest BCUT2D eigenvalue weighted by Crippen LogP contribution is -2.32. The van der Waals surface area contributed by atoms with Gasteiger partial charge in [0.1, 0.15) is 0 Å². The van der Waals surface area contributed by atoms with Crippen LogP contribution in [0, 0.1) is 5.92 Å². The van der Waals surface area contributed by atoms with Gasteiger partial charge in [-0.1, -0.05) is 37.3 Å². The molecule has 1 unspecified atom stereocenters. The number of aromatic nitrogens is 2. The maximum atomic E-state index is 11.7. The van der Waals surface area contributed by atoms with Crippen LogP contribution in [0.15, 0.2) is 42.7 Å². The molecule has 0 saturated heterocycles. The van der Waals surface area contributed by atoms with Crippen molar-refractivity contribution >= 4 is 11.7 Å². The van der Waals surface area contributed by atoms with Gasteiger partial charge in [-0.25, -0.2) is 14.8 Å². The van der Waals surface area contributed by atoms with Crippen LogP contribution in [0.2, 0.25) is 0 Å². The summed E-state index contributed by atoms with van der Waals surface area (Å²) in [4.78, 5) is 20.2. The fourth-order valence-corrected chi connectivity index (χ4v) is 1.89. The number of hydrogen-bond donors (Lipinski definition) is 3. The zero-order valence-corrected chi connectivity index (χ0v) is 12.5. The highest BCUT2D eigenvalue weighted by molar-refractivity contribution is 5.88. The normalized spacial score (nSPS) is 11.7. The molecule has 0 aliphatic heterocycles. The van der Waals surface area contributed by atoms with Gasteiger partial charge in [-0.05, 0) is 12.3 Å². The van der Waals surface area contributed by atoms with E-state index >= 15 is 0 Å². The number of anilines is 1. The number of rotatable bonds is 6. The first-order valence-electron chi connectivity index (χ1n) is 7.22. The van der Waals surface area contributed by atoms with E-state index in [4.69, 9.17) is 5.11 Å². The van der Waals surface area contributed by atoms with Crippen LogP contribution in [0.4, 0.5) is 10.5 Å². The van der Waals surface area contributed by atoms with Gasteiger partial charge in [0.05, 0.1) is 18.1 Å². The van der Waals surface area contributed by atoms with E-state index in [2.05, 4.69) is 20.6 Å². The summed E-state index contributed by atoms with van der Waals surface area (Å²) in [6.07, 6.45) is 3.81. The maximum absolute atomic E-state index is 11.7. The Morgan fingerprint density at radius 3 is 2.55 bits per heavy atom. The molecule has 2 aromatic rings. The molecule has 0 radical (unpaired) electrons. The topological polar surface area (TPSA) is 87.1 Å². The van der Waals surface area contributed by atoms with Crippen molar-refractivity contribution in [3.05, 3.63) is 42.7 Å². The van der Waals surface area contributed by atoms with Crippen molar-refractivity contribution in [3.63, 3.8) is 0 Å². The second-order valence-electron chi connectivity index (χ2n) is 5.11. The first-order valence-corrected chi connectivity index (χ1v) is 7.22. The molecule has 116 valence electrons. The maximum Gasteiger partial charge on any atom is 0.319 e. The van der Waals surface area contributed by atoms with Gasteiger partial charge in [0.15, 0.2) is 5.82 Å². The fourth-order valence-electron chi connectivity index (χ4n) is 1.89. The van der Waals surface area contributed by atoms with Gasteiger partial charge in [0.25, 0.3) is 0 Å². The van der Waals surface area contributed by atoms with E-state index in [-0.39, 0.29) is 18.6 Å². The lowest BCUT2D eigenvalue weighted by molar-refractivity contribution is 0.243. The molecule has 0 fully saturated rings. The van der Waals surface area contributed by atoms with Crippen LogP contribution in [0.25, 0.3) is 11.4 Å². The molecular weight excluding hydrogens is 280 g/mol. The standard InChI is InChI=1S/C16H20N4O2/c1-12(7-8-21)9-19-16(22)20-14-10-17-15(18-11-14)13-5-3-2-4-6-13/h2-6,10-12,21H,7-9H2,1H3,(H2,19,20,22). The fraction of sp³-hybridized carbons (Fsp3) is 0.312. The van der Waals surface area contributed by atoms with Gasteiger partial charge in [-0.15, -0.1) is 0 Å². The molecule has 0 aliphatic rings. The highest BCUT2D eigenvalue weighted by Gasteiger charge is 2.06. The largest absolute Gasteiger partial charge is 0.396 e. The minimum absolute atomic E-state index is 0.124. The smallest absolute Gasteiger partial charge is 0.319 e. The summed E-state index contributed by atoms with van der Waals surface area (Å²) >= 11 is 0. The Balaban J connectivity index is 1.87. The molecule has 1 atom stereocenters. The van der Waals surface area contributed by atoms with Crippen LogP contribution in [-0.4, -0.2) is 34.3 Å². The number of benzene rings is 1. The summed E-state index contributed by atoms with van der Waals surface area (Å²) in [7, 11) is 0. The molecule has 1 heterocycles. The highest BCUT2D eigenvalue weighted by atomic mass is 16.3. The summed E-state index contributed by atoms with van der Waals surface area (Å²) in [6.45, 7) is 2.60. The summed E-state index contributed by atoms with van der Waals surface area (Å²) in [6, 6.07) is 9.33. The number of nitrogens with zero attached hydrogens (tertiary/aromatic N) is 2. The van der Waals surface area contributed by atoms with Gasteiger partial charge in [-0.3, -0.25) is 0 Å². The molecule has 6 nitrogen and oxygen atoms in total. The Morgan fingerprint density at radius 1 is 1.23 bits per heavy atom. The quantitative estimate of drug-likeness (QED) is 0.764. The van der Waals surface area contributed by atoms with Gasteiger partial charge in [-0.2, -0.15) is 0 Å². The van der Waals surface area contributed by atoms with Crippen molar-refractivity contribution in [1.82, 2.24) is 15.3 Å². The Labute approximate surface area is 129 Å². The second-order valence-corrected chi connectivity index (χ2v) is 5.11. The molecule has 2 rings (SSSR count). The third-order valence-corrected chi connectivity index (χ3v) is 3.17. The zero-order chi connectivity index (χ0) is 15.8. The summed E-state index contributed by atoms with van der Waals surface area (Å²) in [5.74, 6) is 0.843. The van der Waals surface area contributed by atoms with Crippen LogP contribution < -0.4 is 10.6 Å². The van der Waals surface area contributed by atoms with Crippen molar-refractivity contribution in [3.8, 4) is 11.4 Å². The van der Waals surface area contributed by atoms with E-state index < -0.39 is 0 Å². The SMILES string of the molecule is CC(CCO)CNC(=O)Nc1cnc(-c2ccccc2)nc1. The molecule has 1 aromatic carbocycles. The average Bonchev–Trinajstić information content (AvgIpc) is 2.55. The van der Waals surface area contributed by atoms with Gasteiger partial charge in [0.2, 0.25) is 0 Å². The Kier molecular flexibility index (Phi) is 5.85. The predicted octanol–water partition coefficient (Wildman–Crippen LogP) is 2.28. The lowest BCUT2D eigenvalue weighted by atomic mass is 10.1.